The number of aromatic nitrogens is 1. The lowest BCUT2D eigenvalue weighted by Gasteiger charge is -2.02. The van der Waals surface area contributed by atoms with Gasteiger partial charge in [-0.05, 0) is 24.3 Å². The van der Waals surface area contributed by atoms with Crippen LogP contribution in [0.3, 0.4) is 0 Å². The van der Waals surface area contributed by atoms with E-state index >= 15 is 0 Å². The molecule has 0 spiro atoms. The average molecular weight is 194 g/mol. The van der Waals surface area contributed by atoms with E-state index in [2.05, 4.69) is 4.98 Å². The number of rotatable bonds is 1. The second kappa shape index (κ2) is 3.31. The summed E-state index contributed by atoms with van der Waals surface area (Å²) in [4.78, 5) is 3.91. The van der Waals surface area contributed by atoms with Gasteiger partial charge < -0.3 is 5.73 Å². The highest BCUT2D eigenvalue weighted by Gasteiger charge is 2.07. The molecule has 0 saturated heterocycles. The molecule has 0 unspecified atom stereocenters. The van der Waals surface area contributed by atoms with Crippen LogP contribution in [0.1, 0.15) is 5.69 Å². The zero-order valence-electron chi connectivity index (χ0n) is 7.30. The average Bonchev–Trinajstić information content (AvgIpc) is 2.23. The Balaban J connectivity index is 2.80. The van der Waals surface area contributed by atoms with Gasteiger partial charge in [0.1, 0.15) is 17.2 Å². The maximum absolute atomic E-state index is 13.2. The highest BCUT2D eigenvalue weighted by molar-refractivity contribution is 5.79. The van der Waals surface area contributed by atoms with Crippen LogP contribution < -0.4 is 5.73 Å². The van der Waals surface area contributed by atoms with Crippen LogP contribution in [0.25, 0.3) is 10.9 Å². The van der Waals surface area contributed by atoms with Crippen LogP contribution in [0.2, 0.25) is 0 Å². The summed E-state index contributed by atoms with van der Waals surface area (Å²) >= 11 is 0. The Hall–Kier alpha value is -1.55. The topological polar surface area (TPSA) is 38.9 Å². The normalized spacial score (nSPS) is 10.8. The van der Waals surface area contributed by atoms with Crippen molar-refractivity contribution >= 4 is 10.9 Å². The van der Waals surface area contributed by atoms with Crippen LogP contribution in [-0.4, -0.2) is 4.98 Å². The number of hydrogen-bond acceptors (Lipinski definition) is 2. The monoisotopic (exact) mass is 194 g/mol. The molecule has 2 nitrogen and oxygen atoms in total. The molecule has 2 rings (SSSR count). The van der Waals surface area contributed by atoms with E-state index in [1.165, 1.54) is 6.07 Å². The summed E-state index contributed by atoms with van der Waals surface area (Å²) in [5, 5.41) is 0.183. The summed E-state index contributed by atoms with van der Waals surface area (Å²) < 4.78 is 26.4. The first kappa shape index (κ1) is 9.02. The lowest BCUT2D eigenvalue weighted by molar-refractivity contribution is 0.615. The molecule has 72 valence electrons. The van der Waals surface area contributed by atoms with Gasteiger partial charge in [0.05, 0.1) is 5.69 Å². The lowest BCUT2D eigenvalue weighted by atomic mass is 10.2. The molecule has 0 aliphatic carbocycles. The van der Waals surface area contributed by atoms with Crippen LogP contribution in [0.15, 0.2) is 24.3 Å². The van der Waals surface area contributed by atoms with Crippen molar-refractivity contribution in [2.45, 2.75) is 6.54 Å². The standard InChI is InChI=1S/C10H8F2N2/c11-8-3-4-9(12)10-7(8)2-1-6(5-13)14-10/h1-4H,5,13H2. The van der Waals surface area contributed by atoms with Gasteiger partial charge in [-0.3, -0.25) is 0 Å². The molecule has 4 heteroatoms. The minimum Gasteiger partial charge on any atom is -0.325 e. The van der Waals surface area contributed by atoms with Gasteiger partial charge in [0.25, 0.3) is 0 Å². The molecular weight excluding hydrogens is 186 g/mol. The zero-order valence-corrected chi connectivity index (χ0v) is 7.30. The first-order valence-corrected chi connectivity index (χ1v) is 4.16. The van der Waals surface area contributed by atoms with E-state index < -0.39 is 11.6 Å². The maximum Gasteiger partial charge on any atom is 0.149 e. The van der Waals surface area contributed by atoms with Gasteiger partial charge in [-0.2, -0.15) is 0 Å². The van der Waals surface area contributed by atoms with Crippen molar-refractivity contribution in [3.63, 3.8) is 0 Å². The molecule has 0 radical (unpaired) electrons. The first-order valence-electron chi connectivity index (χ1n) is 4.16. The molecule has 0 fully saturated rings. The van der Waals surface area contributed by atoms with Gasteiger partial charge in [-0.25, -0.2) is 13.8 Å². The number of hydrogen-bond donors (Lipinski definition) is 1. The molecule has 1 aromatic heterocycles. The number of benzene rings is 1. The summed E-state index contributed by atoms with van der Waals surface area (Å²) in [7, 11) is 0. The summed E-state index contributed by atoms with van der Waals surface area (Å²) in [6.45, 7) is 0.214. The molecule has 14 heavy (non-hydrogen) atoms. The number of fused-ring (bicyclic) bond motifs is 1. The van der Waals surface area contributed by atoms with E-state index in [1.807, 2.05) is 0 Å². The minimum absolute atomic E-state index is 0.0351. The fraction of sp³-hybridized carbons (Fsp3) is 0.100. The number of pyridine rings is 1. The fourth-order valence-electron chi connectivity index (χ4n) is 1.30. The summed E-state index contributed by atoms with van der Waals surface area (Å²) in [5.74, 6) is -1.01. The van der Waals surface area contributed by atoms with Crippen LogP contribution in [0.5, 0.6) is 0 Å². The third kappa shape index (κ3) is 1.33. The molecule has 2 N–H and O–H groups in total. The van der Waals surface area contributed by atoms with Crippen molar-refractivity contribution in [2.24, 2.45) is 5.73 Å². The van der Waals surface area contributed by atoms with E-state index in [0.29, 0.717) is 5.69 Å². The molecule has 0 atom stereocenters. The Morgan fingerprint density at radius 1 is 1.07 bits per heavy atom. The van der Waals surface area contributed by atoms with Gasteiger partial charge >= 0.3 is 0 Å². The molecule has 0 aliphatic heterocycles. The molecule has 1 heterocycles. The minimum atomic E-state index is -0.531. The Morgan fingerprint density at radius 3 is 2.50 bits per heavy atom. The zero-order chi connectivity index (χ0) is 10.1. The van der Waals surface area contributed by atoms with E-state index in [9.17, 15) is 8.78 Å². The summed E-state index contributed by atoms with van der Waals surface area (Å²) in [6, 6.07) is 5.22. The SMILES string of the molecule is NCc1ccc2c(F)ccc(F)c2n1. The molecule has 2 aromatic rings. The van der Waals surface area contributed by atoms with Gasteiger partial charge in [-0.15, -0.1) is 0 Å². The van der Waals surface area contributed by atoms with Gasteiger partial charge in [-0.1, -0.05) is 0 Å². The predicted octanol–water partition coefficient (Wildman–Crippen LogP) is 1.97. The smallest absolute Gasteiger partial charge is 0.149 e. The largest absolute Gasteiger partial charge is 0.325 e. The third-order valence-corrected chi connectivity index (χ3v) is 2.02. The Bertz CT molecular complexity index is 483. The van der Waals surface area contributed by atoms with E-state index in [4.69, 9.17) is 5.73 Å². The van der Waals surface area contributed by atoms with E-state index in [1.54, 1.807) is 6.07 Å². The quantitative estimate of drug-likeness (QED) is 0.753. The summed E-state index contributed by atoms with van der Waals surface area (Å²) in [6.07, 6.45) is 0. The van der Waals surface area contributed by atoms with Crippen molar-refractivity contribution in [3.05, 3.63) is 41.6 Å². The fourth-order valence-corrected chi connectivity index (χ4v) is 1.30. The first-order chi connectivity index (χ1) is 6.72. The lowest BCUT2D eigenvalue weighted by Crippen LogP contribution is -2.00. The van der Waals surface area contributed by atoms with Crippen molar-refractivity contribution < 1.29 is 8.78 Å². The molecule has 1 aromatic carbocycles. The highest BCUT2D eigenvalue weighted by atomic mass is 19.1. The second-order valence-corrected chi connectivity index (χ2v) is 2.93. The molecule has 0 aliphatic rings. The molecule has 0 amide bonds. The molecule has 0 saturated carbocycles. The maximum atomic E-state index is 13.2. The van der Waals surface area contributed by atoms with Crippen LogP contribution in [0, 0.1) is 11.6 Å². The Morgan fingerprint density at radius 2 is 1.79 bits per heavy atom. The number of nitrogens with two attached hydrogens (primary N) is 1. The van der Waals surface area contributed by atoms with Gasteiger partial charge in [0.15, 0.2) is 0 Å². The number of nitrogens with zero attached hydrogens (tertiary/aromatic N) is 1. The third-order valence-electron chi connectivity index (χ3n) is 2.02. The van der Waals surface area contributed by atoms with Crippen molar-refractivity contribution in [1.82, 2.24) is 4.98 Å². The van der Waals surface area contributed by atoms with Crippen molar-refractivity contribution in [1.29, 1.82) is 0 Å². The highest BCUT2D eigenvalue weighted by Crippen LogP contribution is 2.19. The molecular formula is C10H8F2N2. The van der Waals surface area contributed by atoms with E-state index in [-0.39, 0.29) is 17.4 Å². The molecule has 0 bridgehead atoms. The van der Waals surface area contributed by atoms with Crippen LogP contribution >= 0.6 is 0 Å². The summed E-state index contributed by atoms with van der Waals surface area (Å²) in [5.41, 5.74) is 5.93. The predicted molar refractivity (Wildman–Crippen MR) is 49.6 cm³/mol. The van der Waals surface area contributed by atoms with Gasteiger partial charge in [0.2, 0.25) is 0 Å². The van der Waals surface area contributed by atoms with Crippen molar-refractivity contribution in [3.8, 4) is 0 Å². The van der Waals surface area contributed by atoms with Crippen molar-refractivity contribution in [2.75, 3.05) is 0 Å². The Labute approximate surface area is 79.4 Å². The van der Waals surface area contributed by atoms with Crippen LogP contribution in [-0.2, 0) is 6.54 Å². The second-order valence-electron chi connectivity index (χ2n) is 2.93. The Kier molecular flexibility index (Phi) is 2.13. The van der Waals surface area contributed by atoms with Gasteiger partial charge in [0, 0.05) is 11.9 Å². The van der Waals surface area contributed by atoms with Crippen LogP contribution in [0.4, 0.5) is 8.78 Å². The van der Waals surface area contributed by atoms with E-state index in [0.717, 1.165) is 12.1 Å². The number of halogens is 2.